The van der Waals surface area contributed by atoms with Crippen molar-refractivity contribution in [3.05, 3.63) is 63.6 Å². The van der Waals surface area contributed by atoms with Crippen molar-refractivity contribution < 1.29 is 9.53 Å². The maximum Gasteiger partial charge on any atom is 0.272 e. The molecule has 1 atom stereocenters. The summed E-state index contributed by atoms with van der Waals surface area (Å²) >= 11 is 2.69. The largest absolute Gasteiger partial charge is 0.376 e. The average molecular weight is 466 g/mol. The smallest absolute Gasteiger partial charge is 0.272 e. The molecule has 1 aromatic carbocycles. The third kappa shape index (κ3) is 3.98. The summed E-state index contributed by atoms with van der Waals surface area (Å²) in [6, 6.07) is 9.63. The molecule has 0 saturated carbocycles. The minimum Gasteiger partial charge on any atom is -0.376 e. The van der Waals surface area contributed by atoms with E-state index in [1.807, 2.05) is 44.2 Å². The maximum absolute atomic E-state index is 13.5. The zero-order valence-corrected chi connectivity index (χ0v) is 19.6. The summed E-state index contributed by atoms with van der Waals surface area (Å²) in [6.07, 6.45) is 3.63. The van der Waals surface area contributed by atoms with Crippen molar-refractivity contribution in [2.24, 2.45) is 0 Å². The highest BCUT2D eigenvalue weighted by atomic mass is 32.2. The van der Waals surface area contributed by atoms with Crippen LogP contribution in [0, 0.1) is 13.8 Å². The normalized spacial score (nSPS) is 16.2. The molecule has 0 N–H and O–H groups in total. The lowest BCUT2D eigenvalue weighted by atomic mass is 10.0. The molecule has 0 aliphatic carbocycles. The highest BCUT2D eigenvalue weighted by Crippen LogP contribution is 2.31. The van der Waals surface area contributed by atoms with E-state index in [-0.39, 0.29) is 23.2 Å². The molecule has 0 radical (unpaired) electrons. The van der Waals surface area contributed by atoms with Gasteiger partial charge in [-0.3, -0.25) is 14.2 Å². The van der Waals surface area contributed by atoms with Crippen LogP contribution in [-0.2, 0) is 11.3 Å². The second kappa shape index (κ2) is 8.77. The van der Waals surface area contributed by atoms with E-state index in [2.05, 4.69) is 4.98 Å². The molecule has 0 bridgehead atoms. The average Bonchev–Trinajstić information content (AvgIpc) is 3.42. The molecule has 1 aliphatic rings. The quantitative estimate of drug-likeness (QED) is 0.232. The highest BCUT2D eigenvalue weighted by Gasteiger charge is 2.23. The van der Waals surface area contributed by atoms with Gasteiger partial charge in [0.25, 0.3) is 5.56 Å². The van der Waals surface area contributed by atoms with Crippen LogP contribution in [0.5, 0.6) is 0 Å². The van der Waals surface area contributed by atoms with E-state index < -0.39 is 0 Å². The van der Waals surface area contributed by atoms with Gasteiger partial charge in [-0.25, -0.2) is 9.97 Å². The second-order valence-corrected chi connectivity index (χ2v) is 10.1. The Labute approximate surface area is 193 Å². The van der Waals surface area contributed by atoms with E-state index in [1.165, 1.54) is 23.1 Å². The summed E-state index contributed by atoms with van der Waals surface area (Å²) in [5, 5.41) is 1.43. The van der Waals surface area contributed by atoms with Crippen molar-refractivity contribution in [3.8, 4) is 0 Å². The summed E-state index contributed by atoms with van der Waals surface area (Å²) in [4.78, 5) is 36.5. The summed E-state index contributed by atoms with van der Waals surface area (Å²) in [7, 11) is 0. The van der Waals surface area contributed by atoms with Crippen LogP contribution in [0.2, 0.25) is 0 Å². The van der Waals surface area contributed by atoms with Crippen molar-refractivity contribution in [2.45, 2.75) is 44.5 Å². The molecule has 0 spiro atoms. The summed E-state index contributed by atoms with van der Waals surface area (Å²) in [5.74, 6) is 0.246. The number of nitrogens with zero attached hydrogens (tertiary/aromatic N) is 3. The van der Waals surface area contributed by atoms with E-state index in [9.17, 15) is 9.59 Å². The molecule has 4 heterocycles. The lowest BCUT2D eigenvalue weighted by Crippen LogP contribution is -2.28. The number of Topliss-reactive ketones (excluding diaryl/α,β-unsaturated/α-hetero) is 1. The van der Waals surface area contributed by atoms with Crippen LogP contribution < -0.4 is 5.56 Å². The van der Waals surface area contributed by atoms with Crippen LogP contribution in [0.15, 0.2) is 46.5 Å². The molecule has 1 fully saturated rings. The van der Waals surface area contributed by atoms with E-state index in [4.69, 9.17) is 9.72 Å². The number of hydrogen-bond acceptors (Lipinski definition) is 7. The van der Waals surface area contributed by atoms with E-state index in [0.717, 1.165) is 40.8 Å². The van der Waals surface area contributed by atoms with Gasteiger partial charge in [0.2, 0.25) is 0 Å². The Morgan fingerprint density at radius 3 is 2.97 bits per heavy atom. The first-order valence-corrected chi connectivity index (χ1v) is 12.4. The van der Waals surface area contributed by atoms with Gasteiger partial charge in [0.1, 0.15) is 9.53 Å². The van der Waals surface area contributed by atoms with Gasteiger partial charge in [0.05, 0.1) is 23.9 Å². The van der Waals surface area contributed by atoms with E-state index in [0.29, 0.717) is 27.5 Å². The summed E-state index contributed by atoms with van der Waals surface area (Å²) in [5.41, 5.74) is 3.37. The molecular formula is C24H23N3O3S2. The number of thioether (sulfide) groups is 1. The number of ketones is 1. The molecule has 1 aliphatic heterocycles. The Kier molecular flexibility index (Phi) is 5.84. The Bertz CT molecular complexity index is 1390. The maximum atomic E-state index is 13.5. The van der Waals surface area contributed by atoms with Crippen LogP contribution in [0.3, 0.4) is 0 Å². The monoisotopic (exact) mass is 465 g/mol. The zero-order chi connectivity index (χ0) is 22.2. The number of carbonyl (C=O) groups excluding carboxylic acids is 1. The minimum absolute atomic E-state index is 0.00570. The summed E-state index contributed by atoms with van der Waals surface area (Å²) in [6.45, 7) is 5.13. The van der Waals surface area contributed by atoms with Crippen molar-refractivity contribution >= 4 is 49.3 Å². The molecule has 3 aromatic heterocycles. The topological polar surface area (TPSA) is 74.1 Å². The third-order valence-electron chi connectivity index (χ3n) is 5.74. The molecule has 0 unspecified atom stereocenters. The number of aryl methyl sites for hydroxylation is 2. The number of ether oxygens (including phenoxy) is 1. The minimum atomic E-state index is -0.0880. The van der Waals surface area contributed by atoms with Gasteiger partial charge in [0.15, 0.2) is 10.9 Å². The van der Waals surface area contributed by atoms with Crippen molar-refractivity contribution in [2.75, 3.05) is 12.4 Å². The molecule has 32 heavy (non-hydrogen) atoms. The van der Waals surface area contributed by atoms with Crippen LogP contribution in [0.25, 0.3) is 20.4 Å². The fraction of sp³-hybridized carbons (Fsp3) is 0.333. The number of thiophene rings is 1. The standard InChI is InChI=1S/C24H23N3O3S2/c1-14-7-8-17(15(2)11-14)19(28)13-31-24-26-20-18-6-3-9-25-22(18)32-21(20)23(29)27(24)12-16-5-4-10-30-16/h3,6-9,11,16H,4-5,10,12-13H2,1-2H3/t16-/m1/s1. The number of hydrogen-bond donors (Lipinski definition) is 0. The molecular weight excluding hydrogens is 442 g/mol. The van der Waals surface area contributed by atoms with Crippen LogP contribution >= 0.6 is 23.1 Å². The molecule has 164 valence electrons. The van der Waals surface area contributed by atoms with Gasteiger partial charge in [0, 0.05) is 23.8 Å². The van der Waals surface area contributed by atoms with Gasteiger partial charge in [-0.2, -0.15) is 0 Å². The first kappa shape index (κ1) is 21.3. The number of pyridine rings is 1. The van der Waals surface area contributed by atoms with Gasteiger partial charge in [-0.05, 0) is 44.4 Å². The molecule has 4 aromatic rings. The van der Waals surface area contributed by atoms with Crippen LogP contribution in [0.1, 0.15) is 34.3 Å². The number of carbonyl (C=O) groups is 1. The number of aromatic nitrogens is 3. The SMILES string of the molecule is Cc1ccc(C(=O)CSc2nc3c(sc4ncccc43)c(=O)n2C[C@H]2CCCO2)c(C)c1. The van der Waals surface area contributed by atoms with Crippen LogP contribution in [0.4, 0.5) is 0 Å². The number of benzene rings is 1. The number of fused-ring (bicyclic) bond motifs is 3. The molecule has 5 rings (SSSR count). The third-order valence-corrected chi connectivity index (χ3v) is 7.81. The second-order valence-electron chi connectivity index (χ2n) is 8.11. The lowest BCUT2D eigenvalue weighted by Gasteiger charge is -2.15. The Morgan fingerprint density at radius 2 is 2.19 bits per heavy atom. The predicted octanol–water partition coefficient (Wildman–Crippen LogP) is 4.78. The lowest BCUT2D eigenvalue weighted by molar-refractivity contribution is 0.0938. The Hall–Kier alpha value is -2.55. The van der Waals surface area contributed by atoms with Crippen molar-refractivity contribution in [1.82, 2.24) is 14.5 Å². The number of rotatable bonds is 6. The summed E-state index contributed by atoms with van der Waals surface area (Å²) < 4.78 is 8.07. The Morgan fingerprint density at radius 1 is 1.31 bits per heavy atom. The highest BCUT2D eigenvalue weighted by molar-refractivity contribution is 7.99. The molecule has 1 saturated heterocycles. The predicted molar refractivity (Wildman–Crippen MR) is 129 cm³/mol. The molecule has 8 heteroatoms. The van der Waals surface area contributed by atoms with Gasteiger partial charge >= 0.3 is 0 Å². The Balaban J connectivity index is 1.54. The first-order valence-electron chi connectivity index (χ1n) is 10.6. The fourth-order valence-corrected chi connectivity index (χ4v) is 6.05. The van der Waals surface area contributed by atoms with Gasteiger partial charge < -0.3 is 4.74 Å². The molecule has 6 nitrogen and oxygen atoms in total. The van der Waals surface area contributed by atoms with E-state index >= 15 is 0 Å². The fourth-order valence-electron chi connectivity index (χ4n) is 4.14. The van der Waals surface area contributed by atoms with Crippen molar-refractivity contribution in [3.63, 3.8) is 0 Å². The van der Waals surface area contributed by atoms with Gasteiger partial charge in [-0.1, -0.05) is 35.5 Å². The van der Waals surface area contributed by atoms with Crippen LogP contribution in [-0.4, -0.2) is 38.8 Å². The van der Waals surface area contributed by atoms with Crippen molar-refractivity contribution in [1.29, 1.82) is 0 Å². The molecule has 0 amide bonds. The first-order chi connectivity index (χ1) is 15.5. The van der Waals surface area contributed by atoms with E-state index in [1.54, 1.807) is 10.8 Å². The van der Waals surface area contributed by atoms with Gasteiger partial charge in [-0.15, -0.1) is 11.3 Å². The zero-order valence-electron chi connectivity index (χ0n) is 18.0.